The third-order valence-electron chi connectivity index (χ3n) is 3.31. The first-order valence-electron chi connectivity index (χ1n) is 6.30. The van der Waals surface area contributed by atoms with Crippen LogP contribution in [-0.2, 0) is 4.74 Å². The van der Waals surface area contributed by atoms with Crippen molar-refractivity contribution < 1.29 is 13.9 Å². The largest absolute Gasteiger partial charge is 0.497 e. The molecule has 18 heavy (non-hydrogen) atoms. The van der Waals surface area contributed by atoms with Crippen LogP contribution in [0.2, 0.25) is 0 Å². The van der Waals surface area contributed by atoms with E-state index in [1.54, 1.807) is 12.1 Å². The van der Waals surface area contributed by atoms with E-state index in [0.29, 0.717) is 17.4 Å². The number of hydrogen-bond donors (Lipinski definition) is 0. The second kappa shape index (κ2) is 6.53. The lowest BCUT2D eigenvalue weighted by Gasteiger charge is -2.14. The van der Waals surface area contributed by atoms with Gasteiger partial charge in [0.15, 0.2) is 0 Å². The summed E-state index contributed by atoms with van der Waals surface area (Å²) in [7, 11) is 1.54. The second-order valence-electron chi connectivity index (χ2n) is 4.57. The number of ether oxygens (including phenoxy) is 2. The third-order valence-corrected chi connectivity index (χ3v) is 4.26. The van der Waals surface area contributed by atoms with Crippen molar-refractivity contribution in [3.8, 4) is 5.75 Å². The van der Waals surface area contributed by atoms with Crippen LogP contribution in [0, 0.1) is 5.82 Å². The number of hydrogen-bond acceptors (Lipinski definition) is 2. The molecule has 1 saturated heterocycles. The molecule has 2 unspecified atom stereocenters. The maximum absolute atomic E-state index is 13.8. The van der Waals surface area contributed by atoms with Gasteiger partial charge in [0.05, 0.1) is 13.2 Å². The normalized spacial score (nSPS) is 20.9. The van der Waals surface area contributed by atoms with Crippen molar-refractivity contribution >= 4 is 15.9 Å². The van der Waals surface area contributed by atoms with E-state index < -0.39 is 0 Å². The monoisotopic (exact) mass is 316 g/mol. The van der Waals surface area contributed by atoms with Gasteiger partial charge < -0.3 is 9.47 Å². The minimum absolute atomic E-state index is 0.0348. The van der Waals surface area contributed by atoms with Crippen molar-refractivity contribution in [1.29, 1.82) is 0 Å². The Bertz CT molecular complexity index is 391. The van der Waals surface area contributed by atoms with Gasteiger partial charge in [0.2, 0.25) is 0 Å². The van der Waals surface area contributed by atoms with Crippen molar-refractivity contribution in [1.82, 2.24) is 0 Å². The van der Waals surface area contributed by atoms with Crippen LogP contribution < -0.4 is 4.74 Å². The van der Waals surface area contributed by atoms with Crippen LogP contribution in [-0.4, -0.2) is 19.8 Å². The predicted octanol–water partition coefficient (Wildman–Crippen LogP) is 4.23. The highest BCUT2D eigenvalue weighted by atomic mass is 79.9. The Morgan fingerprint density at radius 1 is 1.56 bits per heavy atom. The highest BCUT2D eigenvalue weighted by Gasteiger charge is 2.19. The highest BCUT2D eigenvalue weighted by molar-refractivity contribution is 9.09. The fraction of sp³-hybridized carbons (Fsp3) is 0.571. The summed E-state index contributed by atoms with van der Waals surface area (Å²) in [5.41, 5.74) is 0.689. The number of alkyl halides is 1. The van der Waals surface area contributed by atoms with Gasteiger partial charge in [0, 0.05) is 23.1 Å². The lowest BCUT2D eigenvalue weighted by Crippen LogP contribution is -2.06. The minimum Gasteiger partial charge on any atom is -0.497 e. The summed E-state index contributed by atoms with van der Waals surface area (Å²) in [6.07, 6.45) is 4.49. The molecule has 0 aromatic heterocycles. The van der Waals surface area contributed by atoms with Crippen LogP contribution in [0.25, 0.3) is 0 Å². The molecule has 0 spiro atoms. The molecule has 4 heteroatoms. The highest BCUT2D eigenvalue weighted by Crippen LogP contribution is 2.33. The Morgan fingerprint density at radius 3 is 3.00 bits per heavy atom. The lowest BCUT2D eigenvalue weighted by molar-refractivity contribution is 0.102. The molecule has 1 aliphatic heterocycles. The van der Waals surface area contributed by atoms with Crippen LogP contribution in [0.4, 0.5) is 4.39 Å². The van der Waals surface area contributed by atoms with Crippen molar-refractivity contribution in [3.05, 3.63) is 29.6 Å². The van der Waals surface area contributed by atoms with E-state index in [1.165, 1.54) is 13.2 Å². The molecule has 0 amide bonds. The Kier molecular flexibility index (Phi) is 5.01. The quantitative estimate of drug-likeness (QED) is 0.757. The molecule has 0 radical (unpaired) electrons. The van der Waals surface area contributed by atoms with E-state index in [9.17, 15) is 4.39 Å². The fourth-order valence-corrected chi connectivity index (χ4v) is 2.88. The summed E-state index contributed by atoms with van der Waals surface area (Å²) in [6, 6.07) is 5.00. The van der Waals surface area contributed by atoms with Crippen molar-refractivity contribution in [2.24, 2.45) is 0 Å². The van der Waals surface area contributed by atoms with Gasteiger partial charge in [-0.25, -0.2) is 4.39 Å². The Hall–Kier alpha value is -0.610. The zero-order chi connectivity index (χ0) is 13.0. The summed E-state index contributed by atoms with van der Waals surface area (Å²) in [6.45, 7) is 0.870. The van der Waals surface area contributed by atoms with Gasteiger partial charge in [-0.15, -0.1) is 0 Å². The molecule has 1 fully saturated rings. The SMILES string of the molecule is COc1ccc(C(Br)CCC2CCCO2)c(F)c1. The molecule has 0 N–H and O–H groups in total. The predicted molar refractivity (Wildman–Crippen MR) is 72.8 cm³/mol. The van der Waals surface area contributed by atoms with E-state index in [2.05, 4.69) is 15.9 Å². The van der Waals surface area contributed by atoms with E-state index in [-0.39, 0.29) is 10.6 Å². The first kappa shape index (κ1) is 13.8. The van der Waals surface area contributed by atoms with E-state index in [0.717, 1.165) is 32.3 Å². The molecule has 0 bridgehead atoms. The fourth-order valence-electron chi connectivity index (χ4n) is 2.25. The lowest BCUT2D eigenvalue weighted by atomic mass is 10.0. The average molecular weight is 317 g/mol. The summed E-state index contributed by atoms with van der Waals surface area (Å²) in [5, 5.41) is 0. The van der Waals surface area contributed by atoms with Gasteiger partial charge in [-0.3, -0.25) is 0 Å². The van der Waals surface area contributed by atoms with E-state index in [1.807, 2.05) is 0 Å². The molecule has 2 atom stereocenters. The zero-order valence-corrected chi connectivity index (χ0v) is 12.1. The van der Waals surface area contributed by atoms with Crippen molar-refractivity contribution in [2.45, 2.75) is 36.6 Å². The molecule has 1 aromatic carbocycles. The Balaban J connectivity index is 1.93. The molecule has 1 aromatic rings. The molecule has 2 nitrogen and oxygen atoms in total. The number of benzene rings is 1. The van der Waals surface area contributed by atoms with Gasteiger partial charge in [0.1, 0.15) is 11.6 Å². The molecule has 0 saturated carbocycles. The summed E-state index contributed by atoms with van der Waals surface area (Å²) < 4.78 is 24.4. The van der Waals surface area contributed by atoms with E-state index in [4.69, 9.17) is 9.47 Å². The Labute approximate surface area is 116 Å². The summed E-state index contributed by atoms with van der Waals surface area (Å²) in [5.74, 6) is 0.332. The molecule has 100 valence electrons. The second-order valence-corrected chi connectivity index (χ2v) is 5.67. The first-order chi connectivity index (χ1) is 8.70. The summed E-state index contributed by atoms with van der Waals surface area (Å²) >= 11 is 3.55. The van der Waals surface area contributed by atoms with Gasteiger partial charge in [-0.2, -0.15) is 0 Å². The molecule has 0 aliphatic carbocycles. The summed E-state index contributed by atoms with van der Waals surface area (Å²) in [4.78, 5) is 0.0348. The van der Waals surface area contributed by atoms with Gasteiger partial charge in [0.25, 0.3) is 0 Å². The smallest absolute Gasteiger partial charge is 0.131 e. The molecule has 2 rings (SSSR count). The van der Waals surface area contributed by atoms with Crippen LogP contribution in [0.5, 0.6) is 5.75 Å². The average Bonchev–Trinajstić information content (AvgIpc) is 2.88. The third kappa shape index (κ3) is 3.45. The van der Waals surface area contributed by atoms with Crippen LogP contribution >= 0.6 is 15.9 Å². The Morgan fingerprint density at radius 2 is 2.39 bits per heavy atom. The number of halogens is 2. The van der Waals surface area contributed by atoms with Crippen molar-refractivity contribution in [2.75, 3.05) is 13.7 Å². The number of methoxy groups -OCH3 is 1. The zero-order valence-electron chi connectivity index (χ0n) is 10.5. The van der Waals surface area contributed by atoms with E-state index >= 15 is 0 Å². The topological polar surface area (TPSA) is 18.5 Å². The molecular weight excluding hydrogens is 299 g/mol. The van der Waals surface area contributed by atoms with Crippen LogP contribution in [0.3, 0.4) is 0 Å². The van der Waals surface area contributed by atoms with Crippen LogP contribution in [0.15, 0.2) is 18.2 Å². The molecule has 1 aliphatic rings. The van der Waals surface area contributed by atoms with Crippen molar-refractivity contribution in [3.63, 3.8) is 0 Å². The molecular formula is C14H18BrFO2. The maximum atomic E-state index is 13.8. The van der Waals surface area contributed by atoms with Gasteiger partial charge >= 0.3 is 0 Å². The number of rotatable bonds is 5. The van der Waals surface area contributed by atoms with Gasteiger partial charge in [-0.1, -0.05) is 22.0 Å². The standard InChI is InChI=1S/C14H18BrFO2/c1-17-11-4-6-12(14(16)9-11)13(15)7-5-10-3-2-8-18-10/h4,6,9-10,13H,2-3,5,7-8H2,1H3. The minimum atomic E-state index is -0.219. The molecule has 1 heterocycles. The van der Waals surface area contributed by atoms with Gasteiger partial charge in [-0.05, 0) is 31.7 Å². The maximum Gasteiger partial charge on any atom is 0.131 e. The van der Waals surface area contributed by atoms with Crippen LogP contribution in [0.1, 0.15) is 36.1 Å². The first-order valence-corrected chi connectivity index (χ1v) is 7.21.